The first-order valence-electron chi connectivity index (χ1n) is 7.10. The number of carbonyl (C=O) groups is 1. The van der Waals surface area contributed by atoms with Gasteiger partial charge in [-0.15, -0.1) is 6.58 Å². The Morgan fingerprint density at radius 1 is 1.41 bits per heavy atom. The number of carboxylic acids is 1. The van der Waals surface area contributed by atoms with Gasteiger partial charge >= 0.3 is 5.97 Å². The fourth-order valence-electron chi connectivity index (χ4n) is 2.03. The molecule has 0 saturated heterocycles. The summed E-state index contributed by atoms with van der Waals surface area (Å²) in [5.41, 5.74) is 3.94. The highest BCUT2D eigenvalue weighted by atomic mass is 79.9. The Hall–Kier alpha value is -1.69. The van der Waals surface area contributed by atoms with Crippen LogP contribution >= 0.6 is 15.9 Å². The van der Waals surface area contributed by atoms with Crippen LogP contribution in [0, 0.1) is 5.82 Å². The van der Waals surface area contributed by atoms with Crippen LogP contribution in [0.2, 0.25) is 0 Å². The van der Waals surface area contributed by atoms with Crippen LogP contribution in [-0.2, 0) is 0 Å². The number of anilines is 1. The number of rotatable bonds is 3. The molecule has 1 aromatic carbocycles. The summed E-state index contributed by atoms with van der Waals surface area (Å²) in [6.45, 7) is 5.25. The Balaban J connectivity index is 0.000000745. The second kappa shape index (κ2) is 9.35. The molecule has 0 radical (unpaired) electrons. The standard InChI is InChI=1S/C13H14BrFN2O2.C3H6/c14-10-7-12(9(13(18)19)6-11(10)15)17-16-8-4-2-1-3-5-8;1-3-2/h6-7,17H,1-5H2,(H,18,19);3H,1H2,2H3. The van der Waals surface area contributed by atoms with Crippen molar-refractivity contribution >= 4 is 33.3 Å². The second-order valence-corrected chi connectivity index (χ2v) is 5.73. The molecule has 0 spiro atoms. The summed E-state index contributed by atoms with van der Waals surface area (Å²) >= 11 is 3.04. The molecular weight excluding hydrogens is 351 g/mol. The molecule has 2 rings (SSSR count). The maximum absolute atomic E-state index is 13.3. The van der Waals surface area contributed by atoms with E-state index >= 15 is 0 Å². The lowest BCUT2D eigenvalue weighted by molar-refractivity contribution is 0.0697. The van der Waals surface area contributed by atoms with E-state index in [0.29, 0.717) is 5.69 Å². The minimum absolute atomic E-state index is 0.124. The van der Waals surface area contributed by atoms with Crippen molar-refractivity contribution < 1.29 is 14.3 Å². The molecule has 1 aromatic rings. The minimum Gasteiger partial charge on any atom is -0.478 e. The highest BCUT2D eigenvalue weighted by Gasteiger charge is 2.14. The molecule has 0 bridgehead atoms. The van der Waals surface area contributed by atoms with E-state index < -0.39 is 11.8 Å². The SMILES string of the molecule is C=CC.O=C(O)c1cc(F)c(Br)cc1NN=C1CCCCC1. The molecule has 0 heterocycles. The van der Waals surface area contributed by atoms with E-state index in [9.17, 15) is 9.18 Å². The summed E-state index contributed by atoms with van der Waals surface area (Å²) in [6.07, 6.45) is 7.04. The number of nitrogens with zero attached hydrogens (tertiary/aromatic N) is 1. The number of hydrogen-bond donors (Lipinski definition) is 2. The third kappa shape index (κ3) is 5.60. The van der Waals surface area contributed by atoms with Crippen molar-refractivity contribution in [3.05, 3.63) is 40.6 Å². The van der Waals surface area contributed by atoms with Crippen molar-refractivity contribution in [2.24, 2.45) is 5.10 Å². The van der Waals surface area contributed by atoms with Gasteiger partial charge in [0.25, 0.3) is 0 Å². The van der Waals surface area contributed by atoms with Gasteiger partial charge in [0, 0.05) is 5.71 Å². The van der Waals surface area contributed by atoms with Gasteiger partial charge in [-0.3, -0.25) is 5.43 Å². The molecule has 0 atom stereocenters. The number of allylic oxidation sites excluding steroid dienone is 1. The van der Waals surface area contributed by atoms with Gasteiger partial charge in [-0.05, 0) is 60.7 Å². The summed E-state index contributed by atoms with van der Waals surface area (Å²) in [6, 6.07) is 2.38. The largest absolute Gasteiger partial charge is 0.478 e. The zero-order valence-corrected chi connectivity index (χ0v) is 14.1. The van der Waals surface area contributed by atoms with E-state index in [1.165, 1.54) is 12.5 Å². The van der Waals surface area contributed by atoms with E-state index in [-0.39, 0.29) is 10.0 Å². The van der Waals surface area contributed by atoms with Crippen molar-refractivity contribution in [2.45, 2.75) is 39.0 Å². The maximum Gasteiger partial charge on any atom is 0.337 e. The van der Waals surface area contributed by atoms with Gasteiger partial charge in [0.15, 0.2) is 0 Å². The molecule has 0 unspecified atom stereocenters. The number of aromatic carboxylic acids is 1. The first-order chi connectivity index (χ1) is 10.5. The van der Waals surface area contributed by atoms with Gasteiger partial charge in [0.1, 0.15) is 5.82 Å². The molecule has 6 heteroatoms. The first kappa shape index (κ1) is 18.4. The van der Waals surface area contributed by atoms with Crippen LogP contribution in [-0.4, -0.2) is 16.8 Å². The summed E-state index contributed by atoms with van der Waals surface area (Å²) in [5.74, 6) is -1.79. The van der Waals surface area contributed by atoms with Crippen LogP contribution < -0.4 is 5.43 Å². The Morgan fingerprint density at radius 2 is 2.00 bits per heavy atom. The smallest absolute Gasteiger partial charge is 0.337 e. The molecule has 4 nitrogen and oxygen atoms in total. The molecule has 0 aromatic heterocycles. The van der Waals surface area contributed by atoms with E-state index in [2.05, 4.69) is 33.0 Å². The molecule has 1 fully saturated rings. The van der Waals surface area contributed by atoms with Crippen LogP contribution in [0.25, 0.3) is 0 Å². The van der Waals surface area contributed by atoms with Gasteiger partial charge in [0.05, 0.1) is 15.7 Å². The minimum atomic E-state index is -1.18. The van der Waals surface area contributed by atoms with Crippen molar-refractivity contribution in [3.63, 3.8) is 0 Å². The summed E-state index contributed by atoms with van der Waals surface area (Å²) < 4.78 is 13.6. The normalized spacial score (nSPS) is 13.7. The topological polar surface area (TPSA) is 61.7 Å². The van der Waals surface area contributed by atoms with Gasteiger partial charge < -0.3 is 5.11 Å². The molecule has 2 N–H and O–H groups in total. The van der Waals surface area contributed by atoms with Gasteiger partial charge in [-0.1, -0.05) is 12.5 Å². The molecular formula is C16H20BrFN2O2. The quantitative estimate of drug-likeness (QED) is 0.566. The second-order valence-electron chi connectivity index (χ2n) is 4.88. The van der Waals surface area contributed by atoms with Crippen LogP contribution in [0.1, 0.15) is 49.4 Å². The summed E-state index contributed by atoms with van der Waals surface area (Å²) in [5, 5.41) is 13.3. The van der Waals surface area contributed by atoms with Gasteiger partial charge in [-0.2, -0.15) is 5.10 Å². The summed E-state index contributed by atoms with van der Waals surface area (Å²) in [4.78, 5) is 11.1. The molecule has 1 aliphatic rings. The fraction of sp³-hybridized carbons (Fsp3) is 0.375. The van der Waals surface area contributed by atoms with Crippen LogP contribution in [0.15, 0.2) is 34.4 Å². The Bertz CT molecular complexity index is 566. The predicted octanol–water partition coefficient (Wildman–Crippen LogP) is 5.21. The van der Waals surface area contributed by atoms with Crippen LogP contribution in [0.4, 0.5) is 10.1 Å². The third-order valence-electron chi connectivity index (χ3n) is 3.06. The highest BCUT2D eigenvalue weighted by molar-refractivity contribution is 9.10. The Labute approximate surface area is 138 Å². The number of benzene rings is 1. The number of carboxylic acid groups (broad SMARTS) is 1. The Kier molecular flexibility index (Phi) is 7.80. The molecule has 22 heavy (non-hydrogen) atoms. The predicted molar refractivity (Wildman–Crippen MR) is 91.1 cm³/mol. The zero-order valence-electron chi connectivity index (χ0n) is 12.5. The molecule has 1 saturated carbocycles. The van der Waals surface area contributed by atoms with Gasteiger partial charge in [-0.25, -0.2) is 9.18 Å². The van der Waals surface area contributed by atoms with E-state index in [0.717, 1.165) is 37.5 Å². The number of nitrogens with one attached hydrogen (secondary N) is 1. The average molecular weight is 371 g/mol. The van der Waals surface area contributed by atoms with Gasteiger partial charge in [0.2, 0.25) is 0 Å². The Morgan fingerprint density at radius 3 is 2.55 bits per heavy atom. The maximum atomic E-state index is 13.3. The third-order valence-corrected chi connectivity index (χ3v) is 3.66. The van der Waals surface area contributed by atoms with E-state index in [1.54, 1.807) is 6.08 Å². The summed E-state index contributed by atoms with van der Waals surface area (Å²) in [7, 11) is 0. The van der Waals surface area contributed by atoms with Crippen molar-refractivity contribution in [1.29, 1.82) is 0 Å². The highest BCUT2D eigenvalue weighted by Crippen LogP contribution is 2.25. The van der Waals surface area contributed by atoms with Crippen molar-refractivity contribution in [1.82, 2.24) is 0 Å². The van der Waals surface area contributed by atoms with E-state index in [1.807, 2.05) is 6.92 Å². The lowest BCUT2D eigenvalue weighted by atomic mass is 9.99. The molecule has 0 aliphatic heterocycles. The lowest BCUT2D eigenvalue weighted by Crippen LogP contribution is -2.09. The molecule has 0 amide bonds. The first-order valence-corrected chi connectivity index (χ1v) is 7.89. The average Bonchev–Trinajstić information content (AvgIpc) is 2.49. The van der Waals surface area contributed by atoms with Crippen molar-refractivity contribution in [2.75, 3.05) is 5.43 Å². The molecule has 120 valence electrons. The number of hydrogen-bond acceptors (Lipinski definition) is 3. The fourth-order valence-corrected chi connectivity index (χ4v) is 2.37. The zero-order chi connectivity index (χ0) is 16.5. The van der Waals surface area contributed by atoms with Crippen LogP contribution in [0.3, 0.4) is 0 Å². The monoisotopic (exact) mass is 370 g/mol. The van der Waals surface area contributed by atoms with E-state index in [4.69, 9.17) is 5.11 Å². The lowest BCUT2D eigenvalue weighted by Gasteiger charge is -2.13. The van der Waals surface area contributed by atoms with Crippen molar-refractivity contribution in [3.8, 4) is 0 Å². The van der Waals surface area contributed by atoms with Crippen LogP contribution in [0.5, 0.6) is 0 Å². The number of hydrazone groups is 1. The number of halogens is 2. The molecule has 1 aliphatic carbocycles.